The van der Waals surface area contributed by atoms with Crippen molar-refractivity contribution in [3.63, 3.8) is 0 Å². The Balaban J connectivity index is 2.83. The summed E-state index contributed by atoms with van der Waals surface area (Å²) in [6, 6.07) is 0. The fourth-order valence-electron chi connectivity index (χ4n) is 0.0643. The van der Waals surface area contributed by atoms with E-state index in [-0.39, 0.29) is 0 Å². The molecule has 0 aromatic rings. The maximum absolute atomic E-state index is 9.60. The van der Waals surface area contributed by atoms with Gasteiger partial charge in [0.1, 0.15) is 6.92 Å². The van der Waals surface area contributed by atoms with Gasteiger partial charge < -0.3 is 0 Å². The molecule has 0 aliphatic carbocycles. The van der Waals surface area contributed by atoms with Crippen molar-refractivity contribution < 1.29 is 14.8 Å². The molecule has 0 saturated heterocycles. The first-order valence-electron chi connectivity index (χ1n) is 1.34. The van der Waals surface area contributed by atoms with Crippen LogP contribution in [0.5, 0.6) is 0 Å². The van der Waals surface area contributed by atoms with E-state index in [1.807, 2.05) is 0 Å². The monoisotopic (exact) mass is 91.0 g/mol. The summed E-state index contributed by atoms with van der Waals surface area (Å²) in [6.45, 7) is 1.17. The number of nitrogens with one attached hydrogen (secondary N) is 1. The zero-order valence-electron chi connectivity index (χ0n) is 3.26. The Morgan fingerprint density at radius 3 is 2.50 bits per heavy atom. The first-order chi connectivity index (χ1) is 2.77. The molecule has 6 heavy (non-hydrogen) atoms. The molecule has 0 aliphatic heterocycles. The molecular weight excluding hydrogens is 86.0 g/mol. The van der Waals surface area contributed by atoms with Crippen LogP contribution in [0.15, 0.2) is 0 Å². The van der Waals surface area contributed by atoms with E-state index in [1.165, 1.54) is 12.6 Å². The second-order valence-electron chi connectivity index (χ2n) is 0.685. The lowest BCUT2D eigenvalue weighted by molar-refractivity contribution is -0.173. The van der Waals surface area contributed by atoms with Crippen molar-refractivity contribution in [2.45, 2.75) is 6.92 Å². The van der Waals surface area contributed by atoms with Crippen molar-refractivity contribution in [3.05, 3.63) is 0 Å². The fraction of sp³-hybridized carbons (Fsp3) is 0.500. The summed E-state index contributed by atoms with van der Waals surface area (Å²) >= 11 is 0. The number of rotatable bonds is 1. The van der Waals surface area contributed by atoms with Crippen LogP contribution in [-0.4, -0.2) is 11.2 Å². The normalized spacial score (nSPS) is 7.67. The lowest BCUT2D eigenvalue weighted by Crippen LogP contribution is -2.11. The van der Waals surface area contributed by atoms with Gasteiger partial charge >= 0.3 is 5.97 Å². The van der Waals surface area contributed by atoms with Crippen LogP contribution in [0.2, 0.25) is 0 Å². The summed E-state index contributed by atoms with van der Waals surface area (Å²) in [7, 11) is 0. The van der Waals surface area contributed by atoms with Gasteiger partial charge in [-0.2, -0.15) is 4.84 Å². The van der Waals surface area contributed by atoms with Crippen molar-refractivity contribution in [3.8, 4) is 0 Å². The van der Waals surface area contributed by atoms with Crippen molar-refractivity contribution in [1.29, 1.82) is 0 Å². The Bertz CT molecular complexity index is 52.8. The Hall–Kier alpha value is -0.610. The molecule has 0 saturated carbocycles. The lowest BCUT2D eigenvalue weighted by Gasteiger charge is -1.73. The van der Waals surface area contributed by atoms with Gasteiger partial charge in [-0.15, -0.1) is 0 Å². The van der Waals surface area contributed by atoms with Crippen LogP contribution in [0.4, 0.5) is 0 Å². The van der Waals surface area contributed by atoms with Crippen LogP contribution in [0.1, 0.15) is 6.92 Å². The maximum atomic E-state index is 9.60. The third-order valence-electron chi connectivity index (χ3n) is 0.189. The molecule has 4 heteroatoms. The minimum atomic E-state index is -0.572. The molecule has 2 N–H and O–H groups in total. The molecule has 0 heterocycles. The van der Waals surface area contributed by atoms with Gasteiger partial charge in [-0.05, 0) is 0 Å². The summed E-state index contributed by atoms with van der Waals surface area (Å²) in [5, 5.41) is 7.54. The molecule has 0 rings (SSSR count). The van der Waals surface area contributed by atoms with E-state index >= 15 is 0 Å². The quantitative estimate of drug-likeness (QED) is 0.335. The smallest absolute Gasteiger partial charge is 0.262 e. The van der Waals surface area contributed by atoms with Crippen LogP contribution in [0, 0.1) is 0 Å². The Kier molecular flexibility index (Phi) is 2.35. The Morgan fingerprint density at radius 2 is 2.50 bits per heavy atom. The average molecular weight is 91.1 g/mol. The number of hydrogen-bond acceptors (Lipinski definition) is 4. The number of carbonyl (C=O) groups excluding carboxylic acids is 1. The SMILES string of the molecule is CC(=[O+])ONO. The van der Waals surface area contributed by atoms with E-state index < -0.39 is 5.97 Å². The van der Waals surface area contributed by atoms with Crippen molar-refractivity contribution in [2.24, 2.45) is 0 Å². The minimum Gasteiger partial charge on any atom is -0.262 e. The summed E-state index contributed by atoms with van der Waals surface area (Å²) in [6.07, 6.45) is 0. The van der Waals surface area contributed by atoms with E-state index in [0.717, 1.165) is 0 Å². The Labute approximate surface area is 34.6 Å². The average Bonchev–Trinajstić information content (AvgIpc) is 1.35. The zero-order chi connectivity index (χ0) is 4.99. The highest BCUT2D eigenvalue weighted by Crippen LogP contribution is 1.60. The summed E-state index contributed by atoms with van der Waals surface area (Å²) in [5.41, 5.74) is 1.22. The molecule has 1 radical (unpaired) electrons. The first kappa shape index (κ1) is 5.39. The van der Waals surface area contributed by atoms with Gasteiger partial charge in [0, 0.05) is 0 Å². The predicted molar refractivity (Wildman–Crippen MR) is 16.7 cm³/mol. The highest BCUT2D eigenvalue weighted by molar-refractivity contribution is 5.65. The minimum absolute atomic E-state index is 0.572. The molecule has 0 unspecified atom stereocenters. The molecule has 4 nitrogen and oxygen atoms in total. The summed E-state index contributed by atoms with van der Waals surface area (Å²) in [5.74, 6) is -0.572. The first-order valence-corrected chi connectivity index (χ1v) is 1.34. The van der Waals surface area contributed by atoms with Crippen LogP contribution in [0.3, 0.4) is 0 Å². The predicted octanol–water partition coefficient (Wildman–Crippen LogP) is -0.557. The van der Waals surface area contributed by atoms with Crippen LogP contribution < -0.4 is 5.64 Å². The molecule has 35 valence electrons. The Morgan fingerprint density at radius 1 is 2.00 bits per heavy atom. The van der Waals surface area contributed by atoms with Crippen LogP contribution >= 0.6 is 0 Å². The van der Waals surface area contributed by atoms with Gasteiger partial charge in [0.05, 0.1) is 10.4 Å². The third kappa shape index (κ3) is 3.39. The highest BCUT2D eigenvalue weighted by Gasteiger charge is 2.03. The van der Waals surface area contributed by atoms with Crippen molar-refractivity contribution in [2.75, 3.05) is 0 Å². The molecular formula is C2H5NO3+. The third-order valence-corrected chi connectivity index (χ3v) is 0.189. The largest absolute Gasteiger partial charge is 0.596 e. The summed E-state index contributed by atoms with van der Waals surface area (Å²) in [4.78, 5) is 13.3. The van der Waals surface area contributed by atoms with E-state index in [9.17, 15) is 4.79 Å². The molecule has 0 spiro atoms. The van der Waals surface area contributed by atoms with Gasteiger partial charge in [-0.1, -0.05) is 0 Å². The topological polar surface area (TPSA) is 61.4 Å². The molecule has 0 amide bonds. The maximum Gasteiger partial charge on any atom is 0.596 e. The highest BCUT2D eigenvalue weighted by atomic mass is 16.8. The van der Waals surface area contributed by atoms with Gasteiger partial charge in [0.25, 0.3) is 0 Å². The van der Waals surface area contributed by atoms with Crippen LogP contribution in [-0.2, 0) is 9.63 Å². The van der Waals surface area contributed by atoms with Crippen LogP contribution in [0.25, 0.3) is 0 Å². The van der Waals surface area contributed by atoms with Gasteiger partial charge in [-0.25, -0.2) is 0 Å². The van der Waals surface area contributed by atoms with Gasteiger partial charge in [0.2, 0.25) is 0 Å². The van der Waals surface area contributed by atoms with E-state index in [1.54, 1.807) is 0 Å². The fourth-order valence-corrected chi connectivity index (χ4v) is 0.0643. The number of carbonyl (C=O) groups is 1. The molecule has 0 atom stereocenters. The number of hydrogen-bond donors (Lipinski definition) is 2. The van der Waals surface area contributed by atoms with E-state index in [4.69, 9.17) is 5.21 Å². The second kappa shape index (κ2) is 2.62. The molecule has 0 fully saturated rings. The molecule has 0 aromatic carbocycles. The molecule has 0 bridgehead atoms. The van der Waals surface area contributed by atoms with Crippen molar-refractivity contribution in [1.82, 2.24) is 5.64 Å². The molecule has 0 aliphatic rings. The summed E-state index contributed by atoms with van der Waals surface area (Å²) < 4.78 is 0. The second-order valence-corrected chi connectivity index (χ2v) is 0.685. The van der Waals surface area contributed by atoms with Crippen molar-refractivity contribution >= 4 is 5.97 Å². The van der Waals surface area contributed by atoms with Gasteiger partial charge in [-0.3, -0.25) is 5.21 Å². The van der Waals surface area contributed by atoms with E-state index in [2.05, 4.69) is 4.84 Å². The zero-order valence-corrected chi connectivity index (χ0v) is 3.26. The van der Waals surface area contributed by atoms with E-state index in [0.29, 0.717) is 0 Å². The molecule has 0 aromatic heterocycles. The lowest BCUT2D eigenvalue weighted by atomic mass is 10.8. The van der Waals surface area contributed by atoms with Gasteiger partial charge in [0.15, 0.2) is 0 Å². The standard InChI is InChI=1S/C2H5NO3/c1-2(4)6-3-5/h3,5H,1H3/q+1.